The lowest BCUT2D eigenvalue weighted by atomic mass is 10.1. The van der Waals surface area contributed by atoms with Crippen LogP contribution >= 0.6 is 0 Å². The summed E-state index contributed by atoms with van der Waals surface area (Å²) in [6, 6.07) is 0. The van der Waals surface area contributed by atoms with Gasteiger partial charge in [0.05, 0.1) is 12.5 Å². The molecule has 0 amide bonds. The normalized spacial score (nSPS) is 20.6. The summed E-state index contributed by atoms with van der Waals surface area (Å²) in [7, 11) is 0. The van der Waals surface area contributed by atoms with Crippen LogP contribution in [0.3, 0.4) is 0 Å². The van der Waals surface area contributed by atoms with Crippen LogP contribution in [0.15, 0.2) is 12.2 Å². The zero-order chi connectivity index (χ0) is 11.6. The largest absolute Gasteiger partial charge is 0.465 e. The first kappa shape index (κ1) is 13.3. The van der Waals surface area contributed by atoms with Crippen molar-refractivity contribution < 1.29 is 9.53 Å². The number of carbonyl (C=O) groups is 1. The Morgan fingerprint density at radius 1 is 1.25 bits per heavy atom. The minimum absolute atomic E-state index is 0.0418. The highest BCUT2D eigenvalue weighted by Gasteiger charge is 2.22. The van der Waals surface area contributed by atoms with Gasteiger partial charge < -0.3 is 4.74 Å². The van der Waals surface area contributed by atoms with Gasteiger partial charge in [0.25, 0.3) is 0 Å². The highest BCUT2D eigenvalue weighted by molar-refractivity contribution is 5.76. The molecule has 1 atom stereocenters. The average Bonchev–Trinajstić information content (AvgIpc) is 2.68. The van der Waals surface area contributed by atoms with E-state index in [1.165, 1.54) is 38.5 Å². The van der Waals surface area contributed by atoms with Crippen LogP contribution in [0.1, 0.15) is 58.3 Å². The van der Waals surface area contributed by atoms with Crippen molar-refractivity contribution in [3.05, 3.63) is 12.2 Å². The van der Waals surface area contributed by atoms with Gasteiger partial charge in [-0.1, -0.05) is 51.2 Å². The predicted octanol–water partition coefficient (Wildman–Crippen LogP) is 3.86. The number of ether oxygens (including phenoxy) is 1. The lowest BCUT2D eigenvalue weighted by Crippen LogP contribution is -2.03. The topological polar surface area (TPSA) is 26.3 Å². The van der Waals surface area contributed by atoms with Crippen LogP contribution in [-0.2, 0) is 9.53 Å². The fourth-order valence-electron chi connectivity index (χ4n) is 1.99. The van der Waals surface area contributed by atoms with E-state index in [-0.39, 0.29) is 11.9 Å². The highest BCUT2D eigenvalue weighted by atomic mass is 16.5. The van der Waals surface area contributed by atoms with E-state index in [1.807, 2.05) is 6.08 Å². The van der Waals surface area contributed by atoms with Gasteiger partial charge in [0, 0.05) is 0 Å². The van der Waals surface area contributed by atoms with Gasteiger partial charge in [-0.2, -0.15) is 0 Å². The van der Waals surface area contributed by atoms with Crippen molar-refractivity contribution in [3.63, 3.8) is 0 Å². The molecular formula is C14H24O2. The number of cyclic esters (lactones) is 1. The molecule has 0 radical (unpaired) electrons. The molecule has 2 heteroatoms. The molecule has 1 fully saturated rings. The summed E-state index contributed by atoms with van der Waals surface area (Å²) in [5.74, 6) is -0.000660. The molecule has 1 aliphatic heterocycles. The number of esters is 1. The van der Waals surface area contributed by atoms with Crippen molar-refractivity contribution in [1.82, 2.24) is 0 Å². The summed E-state index contributed by atoms with van der Waals surface area (Å²) in [6.45, 7) is 2.84. The van der Waals surface area contributed by atoms with Crippen molar-refractivity contribution in [2.24, 2.45) is 5.92 Å². The first-order valence-electron chi connectivity index (χ1n) is 6.68. The number of carbonyl (C=O) groups excluding carboxylic acids is 1. The van der Waals surface area contributed by atoms with E-state index in [9.17, 15) is 4.79 Å². The third-order valence-electron chi connectivity index (χ3n) is 3.07. The Hall–Kier alpha value is -0.790. The Morgan fingerprint density at radius 3 is 2.69 bits per heavy atom. The number of hydrogen-bond donors (Lipinski definition) is 0. The molecule has 0 unspecified atom stereocenters. The molecule has 1 heterocycles. The van der Waals surface area contributed by atoms with Gasteiger partial charge in [-0.15, -0.1) is 0 Å². The third-order valence-corrected chi connectivity index (χ3v) is 3.07. The molecular weight excluding hydrogens is 200 g/mol. The molecule has 0 spiro atoms. The van der Waals surface area contributed by atoms with Crippen LogP contribution in [0, 0.1) is 5.92 Å². The maximum absolute atomic E-state index is 11.1. The van der Waals surface area contributed by atoms with E-state index < -0.39 is 0 Å². The van der Waals surface area contributed by atoms with Gasteiger partial charge in [0.1, 0.15) is 0 Å². The van der Waals surface area contributed by atoms with E-state index in [0.29, 0.717) is 6.61 Å². The van der Waals surface area contributed by atoms with E-state index in [0.717, 1.165) is 12.8 Å². The molecule has 1 rings (SSSR count). The van der Waals surface area contributed by atoms with Crippen LogP contribution in [0.4, 0.5) is 0 Å². The first-order valence-corrected chi connectivity index (χ1v) is 6.68. The molecule has 0 aliphatic carbocycles. The lowest BCUT2D eigenvalue weighted by molar-refractivity contribution is -0.140. The van der Waals surface area contributed by atoms with Crippen molar-refractivity contribution >= 4 is 5.97 Å². The maximum Gasteiger partial charge on any atom is 0.312 e. The van der Waals surface area contributed by atoms with Crippen molar-refractivity contribution in [2.75, 3.05) is 6.61 Å². The lowest BCUT2D eigenvalue weighted by Gasteiger charge is -1.99. The van der Waals surface area contributed by atoms with E-state index >= 15 is 0 Å². The van der Waals surface area contributed by atoms with Crippen LogP contribution < -0.4 is 0 Å². The van der Waals surface area contributed by atoms with Gasteiger partial charge in [-0.3, -0.25) is 4.79 Å². The number of unbranched alkanes of at least 4 members (excludes halogenated alkanes) is 6. The Labute approximate surface area is 99.1 Å². The highest BCUT2D eigenvalue weighted by Crippen LogP contribution is 2.16. The molecule has 1 aliphatic rings. The quantitative estimate of drug-likeness (QED) is 0.355. The molecule has 0 saturated carbocycles. The van der Waals surface area contributed by atoms with Crippen LogP contribution in [0.5, 0.6) is 0 Å². The van der Waals surface area contributed by atoms with E-state index in [4.69, 9.17) is 4.74 Å². The zero-order valence-corrected chi connectivity index (χ0v) is 10.4. The van der Waals surface area contributed by atoms with Crippen LogP contribution in [-0.4, -0.2) is 12.6 Å². The van der Waals surface area contributed by atoms with Gasteiger partial charge in [0.15, 0.2) is 0 Å². The number of hydrogen-bond acceptors (Lipinski definition) is 2. The van der Waals surface area contributed by atoms with E-state index in [1.54, 1.807) is 0 Å². The van der Waals surface area contributed by atoms with Crippen molar-refractivity contribution in [3.8, 4) is 0 Å². The first-order chi connectivity index (χ1) is 7.84. The Bertz CT molecular complexity index is 221. The second-order valence-corrected chi connectivity index (χ2v) is 4.55. The summed E-state index contributed by atoms with van der Waals surface area (Å²) >= 11 is 0. The summed E-state index contributed by atoms with van der Waals surface area (Å²) in [5.41, 5.74) is 0. The molecule has 2 nitrogen and oxygen atoms in total. The number of allylic oxidation sites excluding steroid dienone is 1. The maximum atomic E-state index is 11.1. The zero-order valence-electron chi connectivity index (χ0n) is 10.4. The minimum atomic E-state index is -0.0424. The van der Waals surface area contributed by atoms with Crippen LogP contribution in [0.25, 0.3) is 0 Å². The summed E-state index contributed by atoms with van der Waals surface area (Å²) in [6.07, 6.45) is 14.1. The summed E-state index contributed by atoms with van der Waals surface area (Å²) in [5, 5.41) is 0. The molecule has 92 valence electrons. The molecule has 0 N–H and O–H groups in total. The number of rotatable bonds is 8. The molecule has 0 aromatic heterocycles. The monoisotopic (exact) mass is 224 g/mol. The van der Waals surface area contributed by atoms with E-state index in [2.05, 4.69) is 13.0 Å². The second kappa shape index (κ2) is 8.37. The predicted molar refractivity (Wildman–Crippen MR) is 66.2 cm³/mol. The van der Waals surface area contributed by atoms with Gasteiger partial charge in [0.2, 0.25) is 0 Å². The SMILES string of the molecule is CCCCCCCC/C=C\[C@@H]1CCOC1=O. The molecule has 0 aromatic carbocycles. The Kier molecular flexibility index (Phi) is 6.95. The molecule has 0 bridgehead atoms. The molecule has 0 aromatic rings. The average molecular weight is 224 g/mol. The second-order valence-electron chi connectivity index (χ2n) is 4.55. The smallest absolute Gasteiger partial charge is 0.312 e. The molecule has 16 heavy (non-hydrogen) atoms. The summed E-state index contributed by atoms with van der Waals surface area (Å²) in [4.78, 5) is 11.1. The van der Waals surface area contributed by atoms with Gasteiger partial charge in [-0.05, 0) is 19.3 Å². The van der Waals surface area contributed by atoms with Crippen LogP contribution in [0.2, 0.25) is 0 Å². The molecule has 1 saturated heterocycles. The fraction of sp³-hybridized carbons (Fsp3) is 0.786. The van der Waals surface area contributed by atoms with Gasteiger partial charge in [-0.25, -0.2) is 0 Å². The van der Waals surface area contributed by atoms with Crippen molar-refractivity contribution in [2.45, 2.75) is 58.3 Å². The fourth-order valence-corrected chi connectivity index (χ4v) is 1.99. The minimum Gasteiger partial charge on any atom is -0.465 e. The summed E-state index contributed by atoms with van der Waals surface area (Å²) < 4.78 is 4.90. The standard InChI is InChI=1S/C14H24O2/c1-2-3-4-5-6-7-8-9-10-13-11-12-16-14(13)15/h9-10,13H,2-8,11-12H2,1H3/b10-9-/t13-/m1/s1. The van der Waals surface area contributed by atoms with Gasteiger partial charge >= 0.3 is 5.97 Å². The third kappa shape index (κ3) is 5.34. The Morgan fingerprint density at radius 2 is 2.00 bits per heavy atom. The Balaban J connectivity index is 1.94. The van der Waals surface area contributed by atoms with Crippen molar-refractivity contribution in [1.29, 1.82) is 0 Å².